The molecule has 1 saturated heterocycles. The minimum atomic E-state index is 0.698. The Hall–Kier alpha value is -0.0800. The van der Waals surface area contributed by atoms with Crippen LogP contribution in [-0.2, 0) is 0 Å². The van der Waals surface area contributed by atoms with Gasteiger partial charge < -0.3 is 11.1 Å². The van der Waals surface area contributed by atoms with Gasteiger partial charge in [-0.3, -0.25) is 0 Å². The summed E-state index contributed by atoms with van der Waals surface area (Å²) >= 11 is 0. The molecule has 1 fully saturated rings. The van der Waals surface area contributed by atoms with Crippen LogP contribution in [0.25, 0.3) is 0 Å². The fourth-order valence-electron chi connectivity index (χ4n) is 1.21. The third-order valence-corrected chi connectivity index (χ3v) is 1.78. The van der Waals surface area contributed by atoms with Crippen molar-refractivity contribution in [1.29, 1.82) is 0 Å². The van der Waals surface area contributed by atoms with E-state index in [1.54, 1.807) is 0 Å². The van der Waals surface area contributed by atoms with Crippen LogP contribution in [0.3, 0.4) is 0 Å². The van der Waals surface area contributed by atoms with Gasteiger partial charge >= 0.3 is 0 Å². The van der Waals surface area contributed by atoms with E-state index in [1.165, 1.54) is 6.42 Å². The van der Waals surface area contributed by atoms with Gasteiger partial charge in [0, 0.05) is 6.04 Å². The molecular weight excluding hydrogens is 100 g/mol. The quantitative estimate of drug-likeness (QED) is 0.501. The molecule has 1 unspecified atom stereocenters. The molecule has 0 spiro atoms. The highest BCUT2D eigenvalue weighted by atomic mass is 14.9. The maximum Gasteiger partial charge on any atom is 0.00424 e. The molecule has 8 heavy (non-hydrogen) atoms. The Labute approximate surface area is 50.4 Å². The Bertz CT molecular complexity index is 72.9. The van der Waals surface area contributed by atoms with Gasteiger partial charge in [-0.25, -0.2) is 0 Å². The maximum atomic E-state index is 5.46. The first-order valence-corrected chi connectivity index (χ1v) is 3.26. The van der Waals surface area contributed by atoms with Gasteiger partial charge in [0.2, 0.25) is 0 Å². The Balaban J connectivity index is 2.22. The van der Waals surface area contributed by atoms with Gasteiger partial charge in [-0.15, -0.1) is 0 Å². The summed E-state index contributed by atoms with van der Waals surface area (Å²) in [6.45, 7) is 4.17. The van der Waals surface area contributed by atoms with Crippen LogP contribution < -0.4 is 11.1 Å². The number of rotatable bonds is 1. The minimum absolute atomic E-state index is 0.698. The Kier molecular flexibility index (Phi) is 1.86. The van der Waals surface area contributed by atoms with E-state index in [1.807, 2.05) is 0 Å². The number of hydrogen-bond donors (Lipinski definition) is 2. The molecule has 1 rings (SSSR count). The molecule has 0 radical (unpaired) electrons. The smallest absolute Gasteiger partial charge is 0.00424 e. The topological polar surface area (TPSA) is 38.0 Å². The fourth-order valence-corrected chi connectivity index (χ4v) is 1.21. The summed E-state index contributed by atoms with van der Waals surface area (Å²) in [7, 11) is 0. The van der Waals surface area contributed by atoms with Crippen LogP contribution >= 0.6 is 0 Å². The average Bonchev–Trinajstić information content (AvgIpc) is 2.14. The van der Waals surface area contributed by atoms with E-state index in [-0.39, 0.29) is 0 Å². The normalized spacial score (nSPS) is 38.2. The van der Waals surface area contributed by atoms with Crippen LogP contribution in [-0.4, -0.2) is 19.1 Å². The van der Waals surface area contributed by atoms with E-state index in [2.05, 4.69) is 12.2 Å². The average molecular weight is 114 g/mol. The van der Waals surface area contributed by atoms with Gasteiger partial charge in [-0.05, 0) is 32.4 Å². The highest BCUT2D eigenvalue weighted by Gasteiger charge is 2.17. The van der Waals surface area contributed by atoms with Crippen molar-refractivity contribution in [2.75, 3.05) is 13.1 Å². The highest BCUT2D eigenvalue weighted by Crippen LogP contribution is 2.10. The van der Waals surface area contributed by atoms with Crippen molar-refractivity contribution < 1.29 is 0 Å². The summed E-state index contributed by atoms with van der Waals surface area (Å²) in [6, 6.07) is 0.698. The number of nitrogens with two attached hydrogens (primary N) is 1. The lowest BCUT2D eigenvalue weighted by Gasteiger charge is -2.00. The summed E-state index contributed by atoms with van der Waals surface area (Å²) in [5.74, 6) is 0.741. The lowest BCUT2D eigenvalue weighted by molar-refractivity contribution is 0.579. The summed E-state index contributed by atoms with van der Waals surface area (Å²) in [5, 5.41) is 3.34. The second-order valence-corrected chi connectivity index (χ2v) is 2.65. The Morgan fingerprint density at radius 3 is 2.75 bits per heavy atom. The van der Waals surface area contributed by atoms with Crippen LogP contribution in [0.1, 0.15) is 13.3 Å². The van der Waals surface area contributed by atoms with Crippen molar-refractivity contribution in [3.8, 4) is 0 Å². The molecule has 2 heteroatoms. The first-order valence-electron chi connectivity index (χ1n) is 3.26. The second-order valence-electron chi connectivity index (χ2n) is 2.65. The van der Waals surface area contributed by atoms with Crippen LogP contribution in [0.4, 0.5) is 0 Å². The molecule has 2 nitrogen and oxygen atoms in total. The minimum Gasteiger partial charge on any atom is -0.330 e. The summed E-state index contributed by atoms with van der Waals surface area (Å²) in [6.07, 6.45) is 1.26. The third-order valence-electron chi connectivity index (χ3n) is 1.78. The van der Waals surface area contributed by atoms with Crippen molar-refractivity contribution in [3.05, 3.63) is 0 Å². The Morgan fingerprint density at radius 1 is 1.75 bits per heavy atom. The van der Waals surface area contributed by atoms with Gasteiger partial charge in [-0.1, -0.05) is 0 Å². The van der Waals surface area contributed by atoms with Crippen LogP contribution in [0.15, 0.2) is 0 Å². The van der Waals surface area contributed by atoms with Crippen molar-refractivity contribution in [1.82, 2.24) is 5.32 Å². The number of nitrogens with one attached hydrogen (secondary N) is 1. The molecule has 1 aliphatic heterocycles. The van der Waals surface area contributed by atoms with Crippen LogP contribution in [0, 0.1) is 5.92 Å². The maximum absolute atomic E-state index is 5.46. The van der Waals surface area contributed by atoms with Crippen molar-refractivity contribution in [3.63, 3.8) is 0 Å². The van der Waals surface area contributed by atoms with E-state index in [4.69, 9.17) is 5.73 Å². The highest BCUT2D eigenvalue weighted by molar-refractivity contribution is 4.78. The Morgan fingerprint density at radius 2 is 2.50 bits per heavy atom. The van der Waals surface area contributed by atoms with Gasteiger partial charge in [0.1, 0.15) is 0 Å². The SMILES string of the molecule is C[C@@H]1CC(CN)CN1. The summed E-state index contributed by atoms with van der Waals surface area (Å²) < 4.78 is 0. The van der Waals surface area contributed by atoms with E-state index in [0.29, 0.717) is 6.04 Å². The monoisotopic (exact) mass is 114 g/mol. The molecule has 0 aromatic carbocycles. The van der Waals surface area contributed by atoms with E-state index < -0.39 is 0 Å². The van der Waals surface area contributed by atoms with Gasteiger partial charge in [0.05, 0.1) is 0 Å². The first kappa shape index (κ1) is 6.05. The molecule has 0 aliphatic carbocycles. The molecule has 3 N–H and O–H groups in total. The number of hydrogen-bond acceptors (Lipinski definition) is 2. The molecule has 0 bridgehead atoms. The van der Waals surface area contributed by atoms with E-state index in [9.17, 15) is 0 Å². The molecular formula is C6H14N2. The molecule has 0 aromatic heterocycles. The van der Waals surface area contributed by atoms with Crippen molar-refractivity contribution in [2.24, 2.45) is 11.7 Å². The zero-order chi connectivity index (χ0) is 5.98. The zero-order valence-corrected chi connectivity index (χ0v) is 5.35. The van der Waals surface area contributed by atoms with E-state index in [0.717, 1.165) is 19.0 Å². The van der Waals surface area contributed by atoms with Gasteiger partial charge in [-0.2, -0.15) is 0 Å². The van der Waals surface area contributed by atoms with Crippen LogP contribution in [0.2, 0.25) is 0 Å². The second kappa shape index (κ2) is 2.46. The lowest BCUT2D eigenvalue weighted by Crippen LogP contribution is -2.18. The zero-order valence-electron chi connectivity index (χ0n) is 5.35. The predicted octanol–water partition coefficient (Wildman–Crippen LogP) is -0.0569. The molecule has 0 saturated carbocycles. The largest absolute Gasteiger partial charge is 0.330 e. The summed E-state index contributed by atoms with van der Waals surface area (Å²) in [5.41, 5.74) is 5.46. The first-order chi connectivity index (χ1) is 3.83. The molecule has 48 valence electrons. The standard InChI is InChI=1S/C6H14N2/c1-5-2-6(3-7)4-8-5/h5-6,8H,2-4,7H2,1H3/t5-,6?/m1/s1. The fraction of sp³-hybridized carbons (Fsp3) is 1.00. The summed E-state index contributed by atoms with van der Waals surface area (Å²) in [4.78, 5) is 0. The van der Waals surface area contributed by atoms with Crippen LogP contribution in [0.5, 0.6) is 0 Å². The van der Waals surface area contributed by atoms with E-state index >= 15 is 0 Å². The molecule has 0 amide bonds. The third kappa shape index (κ3) is 1.20. The van der Waals surface area contributed by atoms with Gasteiger partial charge in [0.25, 0.3) is 0 Å². The van der Waals surface area contributed by atoms with Gasteiger partial charge in [0.15, 0.2) is 0 Å². The molecule has 0 aromatic rings. The lowest BCUT2D eigenvalue weighted by atomic mass is 10.1. The predicted molar refractivity (Wildman–Crippen MR) is 34.6 cm³/mol. The van der Waals surface area contributed by atoms with Crippen molar-refractivity contribution >= 4 is 0 Å². The molecule has 1 heterocycles. The molecule has 2 atom stereocenters. The molecule has 1 aliphatic rings. The van der Waals surface area contributed by atoms with Crippen molar-refractivity contribution in [2.45, 2.75) is 19.4 Å².